The minimum Gasteiger partial charge on any atom is -0.333 e. The van der Waals surface area contributed by atoms with Crippen LogP contribution in [-0.4, -0.2) is 23.9 Å². The van der Waals surface area contributed by atoms with Gasteiger partial charge in [0.05, 0.1) is 5.56 Å². The van der Waals surface area contributed by atoms with Crippen LogP contribution in [0.25, 0.3) is 6.08 Å². The molecule has 0 N–H and O–H groups in total. The summed E-state index contributed by atoms with van der Waals surface area (Å²) < 4.78 is 40.5. The van der Waals surface area contributed by atoms with Crippen LogP contribution >= 0.6 is 0 Å². The Balaban J connectivity index is 2.53. The van der Waals surface area contributed by atoms with E-state index in [1.165, 1.54) is 6.08 Å². The highest BCUT2D eigenvalue weighted by atomic mass is 19.2. The normalized spacial score (nSPS) is 15.6. The molecule has 0 aromatic heterocycles. The summed E-state index contributed by atoms with van der Waals surface area (Å²) in [6.07, 6.45) is 1.31. The Morgan fingerprint density at radius 2 is 1.37 bits per heavy atom. The molecule has 5 heteroatoms. The molecule has 0 saturated carbocycles. The first-order valence-corrected chi connectivity index (χ1v) is 5.84. The molecule has 19 heavy (non-hydrogen) atoms. The lowest BCUT2D eigenvalue weighted by Crippen LogP contribution is -2.18. The van der Waals surface area contributed by atoms with Gasteiger partial charge in [0.25, 0.3) is 0 Å². The van der Waals surface area contributed by atoms with Gasteiger partial charge in [0, 0.05) is 25.5 Å². The first-order valence-electron chi connectivity index (χ1n) is 5.84. The molecule has 0 atom stereocenters. The first-order chi connectivity index (χ1) is 8.84. The molecule has 102 valence electrons. The Kier molecular flexibility index (Phi) is 3.30. The van der Waals surface area contributed by atoms with Gasteiger partial charge in [0.1, 0.15) is 11.6 Å². The lowest BCUT2D eigenvalue weighted by atomic mass is 10.1. The molecule has 2 nitrogen and oxygen atoms in total. The van der Waals surface area contributed by atoms with Gasteiger partial charge in [0.15, 0.2) is 11.6 Å². The van der Waals surface area contributed by atoms with Gasteiger partial charge in [-0.3, -0.25) is 0 Å². The predicted molar refractivity (Wildman–Crippen MR) is 68.2 cm³/mol. The van der Waals surface area contributed by atoms with Crippen LogP contribution in [0.15, 0.2) is 29.3 Å². The summed E-state index contributed by atoms with van der Waals surface area (Å²) in [6.45, 7) is 3.82. The quantitative estimate of drug-likeness (QED) is 0.719. The van der Waals surface area contributed by atoms with Crippen molar-refractivity contribution in [3.05, 3.63) is 52.4 Å². The molecule has 1 heterocycles. The van der Waals surface area contributed by atoms with Crippen molar-refractivity contribution in [2.24, 2.45) is 0 Å². The smallest absolute Gasteiger partial charge is 0.169 e. The SMILES string of the molecule is CC1=C(C)N(C)C(=Cc2c(F)ccc(F)c2F)N1C. The molecule has 1 aromatic carbocycles. The fourth-order valence-electron chi connectivity index (χ4n) is 2.05. The van der Waals surface area contributed by atoms with Crippen molar-refractivity contribution in [2.75, 3.05) is 14.1 Å². The van der Waals surface area contributed by atoms with E-state index in [0.29, 0.717) is 5.82 Å². The molecule has 0 fully saturated rings. The maximum atomic E-state index is 13.7. The summed E-state index contributed by atoms with van der Waals surface area (Å²) >= 11 is 0. The second kappa shape index (κ2) is 4.64. The number of hydrogen-bond acceptors (Lipinski definition) is 2. The van der Waals surface area contributed by atoms with E-state index in [-0.39, 0.29) is 5.56 Å². The fourth-order valence-corrected chi connectivity index (χ4v) is 2.05. The molecule has 0 unspecified atom stereocenters. The van der Waals surface area contributed by atoms with Crippen LogP contribution in [0.1, 0.15) is 19.4 Å². The third-order valence-electron chi connectivity index (χ3n) is 3.57. The fraction of sp³-hybridized carbons (Fsp3) is 0.286. The predicted octanol–water partition coefficient (Wildman–Crippen LogP) is 3.53. The number of halogens is 3. The molecule has 1 aliphatic rings. The molecule has 2 rings (SSSR count). The Labute approximate surface area is 110 Å². The van der Waals surface area contributed by atoms with Crippen molar-refractivity contribution in [1.82, 2.24) is 9.80 Å². The number of benzene rings is 1. The summed E-state index contributed by atoms with van der Waals surface area (Å²) in [5.41, 5.74) is 1.59. The van der Waals surface area contributed by atoms with Crippen LogP contribution in [0, 0.1) is 17.5 Å². The van der Waals surface area contributed by atoms with Crippen LogP contribution in [-0.2, 0) is 0 Å². The number of nitrogens with zero attached hydrogens (tertiary/aromatic N) is 2. The molecule has 1 aliphatic heterocycles. The molecule has 0 spiro atoms. The van der Waals surface area contributed by atoms with Crippen LogP contribution in [0.3, 0.4) is 0 Å². The van der Waals surface area contributed by atoms with Crippen molar-refractivity contribution >= 4 is 6.08 Å². The van der Waals surface area contributed by atoms with E-state index in [4.69, 9.17) is 0 Å². The summed E-state index contributed by atoms with van der Waals surface area (Å²) in [5.74, 6) is -2.41. The zero-order valence-corrected chi connectivity index (χ0v) is 11.3. The maximum absolute atomic E-state index is 13.7. The van der Waals surface area contributed by atoms with E-state index in [2.05, 4.69) is 0 Å². The van der Waals surface area contributed by atoms with Gasteiger partial charge < -0.3 is 9.80 Å². The Hall–Kier alpha value is -1.91. The Morgan fingerprint density at radius 3 is 1.89 bits per heavy atom. The molecule has 0 radical (unpaired) electrons. The molecule has 1 aromatic rings. The van der Waals surface area contributed by atoms with Gasteiger partial charge in [-0.05, 0) is 32.1 Å². The second-order valence-corrected chi connectivity index (χ2v) is 4.55. The van der Waals surface area contributed by atoms with Gasteiger partial charge in [-0.15, -0.1) is 0 Å². The molecule has 0 bridgehead atoms. The van der Waals surface area contributed by atoms with E-state index >= 15 is 0 Å². The summed E-state index contributed by atoms with van der Waals surface area (Å²) in [4.78, 5) is 3.61. The number of hydrogen-bond donors (Lipinski definition) is 0. The van der Waals surface area contributed by atoms with E-state index in [0.717, 1.165) is 23.5 Å². The van der Waals surface area contributed by atoms with Crippen molar-refractivity contribution < 1.29 is 13.2 Å². The standard InChI is InChI=1S/C14H15F3N2/c1-8-9(2)19(4)13(18(8)3)7-10-11(15)5-6-12(16)14(10)17/h5-7H,1-4H3. The topological polar surface area (TPSA) is 6.48 Å². The van der Waals surface area contributed by atoms with Crippen LogP contribution < -0.4 is 0 Å². The van der Waals surface area contributed by atoms with Gasteiger partial charge in [0.2, 0.25) is 0 Å². The highest BCUT2D eigenvalue weighted by molar-refractivity contribution is 5.56. The Morgan fingerprint density at radius 1 is 0.895 bits per heavy atom. The third kappa shape index (κ3) is 2.09. The lowest BCUT2D eigenvalue weighted by molar-refractivity contribution is 0.426. The van der Waals surface area contributed by atoms with Gasteiger partial charge in [-0.2, -0.15) is 0 Å². The lowest BCUT2D eigenvalue weighted by Gasteiger charge is -2.20. The van der Waals surface area contributed by atoms with E-state index in [1.807, 2.05) is 13.8 Å². The average molecular weight is 268 g/mol. The van der Waals surface area contributed by atoms with Gasteiger partial charge >= 0.3 is 0 Å². The molecule has 0 aliphatic carbocycles. The van der Waals surface area contributed by atoms with Crippen molar-refractivity contribution in [1.29, 1.82) is 0 Å². The first kappa shape index (κ1) is 13.5. The Bertz CT molecular complexity index is 571. The monoisotopic (exact) mass is 268 g/mol. The van der Waals surface area contributed by atoms with Gasteiger partial charge in [-0.1, -0.05) is 0 Å². The van der Waals surface area contributed by atoms with Crippen LogP contribution in [0.5, 0.6) is 0 Å². The molecular formula is C14H15F3N2. The van der Waals surface area contributed by atoms with Crippen LogP contribution in [0.2, 0.25) is 0 Å². The van der Waals surface area contributed by atoms with E-state index in [9.17, 15) is 13.2 Å². The number of allylic oxidation sites excluding steroid dienone is 2. The zero-order valence-electron chi connectivity index (χ0n) is 11.3. The van der Waals surface area contributed by atoms with Crippen LogP contribution in [0.4, 0.5) is 13.2 Å². The minimum absolute atomic E-state index is 0.365. The summed E-state index contributed by atoms with van der Waals surface area (Å²) in [6, 6.07) is 1.70. The minimum atomic E-state index is -1.17. The molecule has 0 amide bonds. The molecule has 0 saturated heterocycles. The van der Waals surface area contributed by atoms with Gasteiger partial charge in [-0.25, -0.2) is 13.2 Å². The van der Waals surface area contributed by atoms with Crippen molar-refractivity contribution in [3.8, 4) is 0 Å². The highest BCUT2D eigenvalue weighted by Crippen LogP contribution is 2.31. The average Bonchev–Trinajstić information content (AvgIpc) is 2.56. The summed E-state index contributed by atoms with van der Waals surface area (Å²) in [7, 11) is 3.59. The molecular weight excluding hydrogens is 253 g/mol. The van der Waals surface area contributed by atoms with E-state index in [1.54, 1.807) is 23.9 Å². The van der Waals surface area contributed by atoms with Crippen molar-refractivity contribution in [2.45, 2.75) is 13.8 Å². The zero-order chi connectivity index (χ0) is 14.3. The second-order valence-electron chi connectivity index (χ2n) is 4.55. The third-order valence-corrected chi connectivity index (χ3v) is 3.57. The van der Waals surface area contributed by atoms with E-state index < -0.39 is 17.5 Å². The highest BCUT2D eigenvalue weighted by Gasteiger charge is 2.24. The summed E-state index contributed by atoms with van der Waals surface area (Å²) in [5, 5.41) is 0. The van der Waals surface area contributed by atoms with Crippen molar-refractivity contribution in [3.63, 3.8) is 0 Å². The largest absolute Gasteiger partial charge is 0.333 e. The number of rotatable bonds is 1. The maximum Gasteiger partial charge on any atom is 0.169 e.